The van der Waals surface area contributed by atoms with Crippen molar-refractivity contribution in [2.45, 2.75) is 20.8 Å². The Morgan fingerprint density at radius 2 is 1.89 bits per heavy atom. The lowest BCUT2D eigenvalue weighted by Crippen LogP contribution is -2.17. The molecule has 0 aliphatic carbocycles. The van der Waals surface area contributed by atoms with Crippen LogP contribution >= 0.6 is 0 Å². The lowest BCUT2D eigenvalue weighted by atomic mass is 9.99. The van der Waals surface area contributed by atoms with E-state index in [1.807, 2.05) is 12.1 Å². The van der Waals surface area contributed by atoms with Crippen molar-refractivity contribution < 1.29 is 4.74 Å². The summed E-state index contributed by atoms with van der Waals surface area (Å²) in [5.41, 5.74) is 1.93. The van der Waals surface area contributed by atoms with E-state index in [0.717, 1.165) is 11.1 Å². The zero-order valence-electron chi connectivity index (χ0n) is 10.9. The van der Waals surface area contributed by atoms with Crippen LogP contribution < -0.4 is 4.74 Å². The Balaban J connectivity index is 2.27. The van der Waals surface area contributed by atoms with Crippen molar-refractivity contribution in [2.24, 2.45) is 5.41 Å². The molecule has 0 aliphatic rings. The van der Waals surface area contributed by atoms with Gasteiger partial charge in [-0.05, 0) is 17.5 Å². The zero-order valence-corrected chi connectivity index (χ0v) is 10.9. The van der Waals surface area contributed by atoms with Gasteiger partial charge in [0.1, 0.15) is 6.33 Å². The second-order valence-electron chi connectivity index (χ2n) is 5.33. The highest BCUT2D eigenvalue weighted by Gasteiger charge is 2.14. The minimum absolute atomic E-state index is 0.0992. The molecule has 0 bridgehead atoms. The molecule has 2 aromatic heterocycles. The summed E-state index contributed by atoms with van der Waals surface area (Å²) >= 11 is 0. The van der Waals surface area contributed by atoms with Crippen LogP contribution in [0.15, 0.2) is 37.1 Å². The van der Waals surface area contributed by atoms with Crippen LogP contribution in [0.2, 0.25) is 0 Å². The van der Waals surface area contributed by atoms with Crippen LogP contribution in [0.4, 0.5) is 0 Å². The molecule has 0 N–H and O–H groups in total. The van der Waals surface area contributed by atoms with Crippen LogP contribution in [-0.2, 0) is 0 Å². The van der Waals surface area contributed by atoms with E-state index in [-0.39, 0.29) is 5.41 Å². The number of rotatable bonds is 3. The fourth-order valence-corrected chi connectivity index (χ4v) is 1.45. The number of hydrogen-bond acceptors (Lipinski definition) is 4. The first kappa shape index (κ1) is 12.5. The molecule has 4 heteroatoms. The van der Waals surface area contributed by atoms with Crippen molar-refractivity contribution in [1.29, 1.82) is 0 Å². The number of hydrogen-bond donors (Lipinski definition) is 0. The third-order valence-electron chi connectivity index (χ3n) is 2.28. The Morgan fingerprint density at radius 3 is 2.56 bits per heavy atom. The summed E-state index contributed by atoms with van der Waals surface area (Å²) in [7, 11) is 0. The van der Waals surface area contributed by atoms with Crippen LogP contribution in [-0.4, -0.2) is 21.6 Å². The Kier molecular flexibility index (Phi) is 3.55. The maximum absolute atomic E-state index is 5.79. The van der Waals surface area contributed by atoms with E-state index in [2.05, 4.69) is 35.7 Å². The highest BCUT2D eigenvalue weighted by molar-refractivity contribution is 5.66. The van der Waals surface area contributed by atoms with E-state index in [0.29, 0.717) is 12.5 Å². The standard InChI is InChI=1S/C14H17N3O/c1-14(2,3)9-18-13-12(5-4-6-17-13)11-7-15-10-16-8-11/h4-8,10H,9H2,1-3H3. The lowest BCUT2D eigenvalue weighted by molar-refractivity contribution is 0.192. The second kappa shape index (κ2) is 5.12. The van der Waals surface area contributed by atoms with Crippen LogP contribution in [0.1, 0.15) is 20.8 Å². The first-order chi connectivity index (χ1) is 8.56. The molecule has 2 aromatic rings. The van der Waals surface area contributed by atoms with Gasteiger partial charge in [0, 0.05) is 29.7 Å². The third kappa shape index (κ3) is 3.26. The van der Waals surface area contributed by atoms with Gasteiger partial charge >= 0.3 is 0 Å². The number of pyridine rings is 1. The van der Waals surface area contributed by atoms with Crippen molar-refractivity contribution in [3.8, 4) is 17.0 Å². The molecule has 0 atom stereocenters. The Labute approximate surface area is 107 Å². The third-order valence-corrected chi connectivity index (χ3v) is 2.28. The molecule has 0 spiro atoms. The van der Waals surface area contributed by atoms with Crippen LogP contribution in [0.3, 0.4) is 0 Å². The van der Waals surface area contributed by atoms with Gasteiger partial charge in [-0.25, -0.2) is 15.0 Å². The highest BCUT2D eigenvalue weighted by Crippen LogP contribution is 2.27. The summed E-state index contributed by atoms with van der Waals surface area (Å²) in [5.74, 6) is 0.627. The summed E-state index contributed by atoms with van der Waals surface area (Å²) in [6.45, 7) is 6.99. The number of nitrogens with zero attached hydrogens (tertiary/aromatic N) is 3. The summed E-state index contributed by atoms with van der Waals surface area (Å²) in [5, 5.41) is 0. The fourth-order valence-electron chi connectivity index (χ4n) is 1.45. The molecule has 2 heterocycles. The predicted octanol–water partition coefficient (Wildman–Crippen LogP) is 2.96. The molecule has 0 saturated carbocycles. The highest BCUT2D eigenvalue weighted by atomic mass is 16.5. The van der Waals surface area contributed by atoms with Gasteiger partial charge in [-0.3, -0.25) is 0 Å². The SMILES string of the molecule is CC(C)(C)COc1ncccc1-c1cncnc1. The van der Waals surface area contributed by atoms with Gasteiger partial charge in [-0.15, -0.1) is 0 Å². The molecular formula is C14H17N3O. The summed E-state index contributed by atoms with van der Waals surface area (Å²) in [6, 6.07) is 3.84. The van der Waals surface area contributed by atoms with Gasteiger partial charge in [-0.1, -0.05) is 20.8 Å². The van der Waals surface area contributed by atoms with E-state index in [1.165, 1.54) is 6.33 Å². The normalized spacial score (nSPS) is 11.3. The summed E-state index contributed by atoms with van der Waals surface area (Å²) in [4.78, 5) is 12.3. The molecule has 18 heavy (non-hydrogen) atoms. The average Bonchev–Trinajstić information content (AvgIpc) is 2.37. The Hall–Kier alpha value is -1.97. The molecule has 2 rings (SSSR count). The molecule has 94 valence electrons. The van der Waals surface area contributed by atoms with Gasteiger partial charge in [0.15, 0.2) is 0 Å². The summed E-state index contributed by atoms with van der Waals surface area (Å²) < 4.78 is 5.79. The van der Waals surface area contributed by atoms with E-state index in [1.54, 1.807) is 18.6 Å². The Morgan fingerprint density at radius 1 is 1.17 bits per heavy atom. The minimum Gasteiger partial charge on any atom is -0.477 e. The molecule has 0 amide bonds. The van der Waals surface area contributed by atoms with Crippen molar-refractivity contribution >= 4 is 0 Å². The molecule has 4 nitrogen and oxygen atoms in total. The molecule has 0 aliphatic heterocycles. The fraction of sp³-hybridized carbons (Fsp3) is 0.357. The second-order valence-corrected chi connectivity index (χ2v) is 5.33. The number of aromatic nitrogens is 3. The Bertz CT molecular complexity index is 506. The molecule has 0 aromatic carbocycles. The van der Waals surface area contributed by atoms with Crippen LogP contribution in [0.5, 0.6) is 5.88 Å². The van der Waals surface area contributed by atoms with Crippen LogP contribution in [0.25, 0.3) is 11.1 Å². The lowest BCUT2D eigenvalue weighted by Gasteiger charge is -2.19. The van der Waals surface area contributed by atoms with Gasteiger partial charge in [0.25, 0.3) is 0 Å². The van der Waals surface area contributed by atoms with Gasteiger partial charge in [0.2, 0.25) is 5.88 Å². The van der Waals surface area contributed by atoms with E-state index < -0.39 is 0 Å². The van der Waals surface area contributed by atoms with Gasteiger partial charge in [0.05, 0.1) is 6.61 Å². The van der Waals surface area contributed by atoms with Crippen molar-refractivity contribution in [3.63, 3.8) is 0 Å². The quantitative estimate of drug-likeness (QED) is 0.831. The van der Waals surface area contributed by atoms with E-state index in [4.69, 9.17) is 4.74 Å². The van der Waals surface area contributed by atoms with Gasteiger partial charge in [-0.2, -0.15) is 0 Å². The summed E-state index contributed by atoms with van der Waals surface area (Å²) in [6.07, 6.45) is 6.75. The molecule has 0 fully saturated rings. The van der Waals surface area contributed by atoms with Crippen molar-refractivity contribution in [1.82, 2.24) is 15.0 Å². The smallest absolute Gasteiger partial charge is 0.221 e. The van der Waals surface area contributed by atoms with E-state index in [9.17, 15) is 0 Å². The van der Waals surface area contributed by atoms with Crippen molar-refractivity contribution in [2.75, 3.05) is 6.61 Å². The maximum Gasteiger partial charge on any atom is 0.221 e. The first-order valence-electron chi connectivity index (χ1n) is 5.89. The topological polar surface area (TPSA) is 47.9 Å². The van der Waals surface area contributed by atoms with Crippen LogP contribution in [0, 0.1) is 5.41 Å². The monoisotopic (exact) mass is 243 g/mol. The molecule has 0 saturated heterocycles. The zero-order chi connectivity index (χ0) is 13.0. The maximum atomic E-state index is 5.79. The molecular weight excluding hydrogens is 226 g/mol. The largest absolute Gasteiger partial charge is 0.477 e. The van der Waals surface area contributed by atoms with E-state index >= 15 is 0 Å². The van der Waals surface area contributed by atoms with Gasteiger partial charge < -0.3 is 4.74 Å². The predicted molar refractivity (Wildman–Crippen MR) is 70.2 cm³/mol. The minimum atomic E-state index is 0.0992. The average molecular weight is 243 g/mol. The first-order valence-corrected chi connectivity index (χ1v) is 5.89. The van der Waals surface area contributed by atoms with Crippen molar-refractivity contribution in [3.05, 3.63) is 37.1 Å². The number of ether oxygens (including phenoxy) is 1. The molecule has 0 unspecified atom stereocenters. The molecule has 0 radical (unpaired) electrons.